The van der Waals surface area contributed by atoms with Gasteiger partial charge in [-0.05, 0) is 42.5 Å². The molecular formula is C23H18N2O2S3. The highest BCUT2D eigenvalue weighted by Gasteiger charge is 2.24. The zero-order valence-corrected chi connectivity index (χ0v) is 18.4. The summed E-state index contributed by atoms with van der Waals surface area (Å²) in [6.45, 7) is 0. The van der Waals surface area contributed by atoms with E-state index in [2.05, 4.69) is 65.5 Å². The van der Waals surface area contributed by atoms with Gasteiger partial charge in [0.2, 0.25) is 0 Å². The number of hydrogen-bond acceptors (Lipinski definition) is 5. The first-order valence-corrected chi connectivity index (χ1v) is 11.0. The Hall–Kier alpha value is -2.61. The van der Waals surface area contributed by atoms with E-state index in [1.165, 1.54) is 11.3 Å². The first-order valence-electron chi connectivity index (χ1n) is 9.28. The Morgan fingerprint density at radius 3 is 2.00 bits per heavy atom. The number of para-hydroxylation sites is 2. The fourth-order valence-corrected chi connectivity index (χ4v) is 4.86. The van der Waals surface area contributed by atoms with Crippen molar-refractivity contribution in [3.05, 3.63) is 83.9 Å². The largest absolute Gasteiger partial charge is 0.310 e. The van der Waals surface area contributed by atoms with E-state index >= 15 is 0 Å². The molecule has 1 aromatic heterocycles. The number of carbonyl (C=O) groups is 2. The van der Waals surface area contributed by atoms with E-state index in [1.807, 2.05) is 48.5 Å². The molecular weight excluding hydrogens is 432 g/mol. The van der Waals surface area contributed by atoms with Crippen LogP contribution in [0.4, 0.5) is 17.1 Å². The molecule has 150 valence electrons. The van der Waals surface area contributed by atoms with Crippen molar-refractivity contribution in [1.29, 1.82) is 0 Å². The second-order valence-corrected chi connectivity index (χ2v) is 8.70. The fraction of sp³-hybridized carbons (Fsp3) is 0.0870. The van der Waals surface area contributed by atoms with Gasteiger partial charge in [0, 0.05) is 23.5 Å². The maximum Gasteiger partial charge on any atom is 0.196 e. The molecule has 0 amide bonds. The molecule has 1 heterocycles. The molecule has 0 saturated carbocycles. The molecule has 0 bridgehead atoms. The van der Waals surface area contributed by atoms with Crippen LogP contribution in [-0.4, -0.2) is 15.2 Å². The molecule has 0 aliphatic heterocycles. The standard InChI is InChI=1S/C23H18N2O2S3/c26-21(28)14-18(23(27)29)22-24-19-12-11-17(13-20(19)30-22)25(15-7-3-1-4-8-15)16-9-5-2-6-10-16/h1-13,18H,14H2,(H,26,28)(H,27,29). The van der Waals surface area contributed by atoms with Crippen molar-refractivity contribution in [2.45, 2.75) is 12.3 Å². The van der Waals surface area contributed by atoms with Crippen LogP contribution in [0.3, 0.4) is 0 Å². The number of thiol groups is 2. The Labute approximate surface area is 189 Å². The number of benzene rings is 3. The first kappa shape index (κ1) is 20.7. The number of anilines is 3. The molecule has 0 N–H and O–H groups in total. The van der Waals surface area contributed by atoms with Crippen LogP contribution < -0.4 is 4.90 Å². The van der Waals surface area contributed by atoms with E-state index in [1.54, 1.807) is 0 Å². The average Bonchev–Trinajstić information content (AvgIpc) is 3.16. The van der Waals surface area contributed by atoms with E-state index < -0.39 is 5.92 Å². The number of rotatable bonds is 7. The molecule has 0 spiro atoms. The predicted octanol–water partition coefficient (Wildman–Crippen LogP) is 6.15. The highest BCUT2D eigenvalue weighted by molar-refractivity contribution is 7.97. The zero-order chi connectivity index (χ0) is 21.1. The average molecular weight is 451 g/mol. The Balaban J connectivity index is 1.79. The first-order chi connectivity index (χ1) is 14.5. The van der Waals surface area contributed by atoms with Gasteiger partial charge in [-0.3, -0.25) is 9.59 Å². The van der Waals surface area contributed by atoms with Crippen LogP contribution in [0.25, 0.3) is 10.2 Å². The minimum absolute atomic E-state index is 0.0156. The van der Waals surface area contributed by atoms with Gasteiger partial charge >= 0.3 is 0 Å². The maximum atomic E-state index is 11.9. The lowest BCUT2D eigenvalue weighted by molar-refractivity contribution is -0.116. The van der Waals surface area contributed by atoms with Crippen molar-refractivity contribution >= 4 is 74.1 Å². The number of carbonyl (C=O) groups excluding carboxylic acids is 2. The van der Waals surface area contributed by atoms with Crippen LogP contribution in [0.2, 0.25) is 0 Å². The van der Waals surface area contributed by atoms with Crippen molar-refractivity contribution in [1.82, 2.24) is 4.98 Å². The molecule has 30 heavy (non-hydrogen) atoms. The van der Waals surface area contributed by atoms with Crippen LogP contribution in [0.5, 0.6) is 0 Å². The summed E-state index contributed by atoms with van der Waals surface area (Å²) in [4.78, 5) is 30.1. The van der Waals surface area contributed by atoms with Gasteiger partial charge in [0.05, 0.1) is 16.1 Å². The number of hydrogen-bond donors (Lipinski definition) is 2. The van der Waals surface area contributed by atoms with Gasteiger partial charge in [-0.2, -0.15) is 0 Å². The van der Waals surface area contributed by atoms with Gasteiger partial charge in [0.1, 0.15) is 5.01 Å². The molecule has 4 rings (SSSR count). The summed E-state index contributed by atoms with van der Waals surface area (Å²) < 4.78 is 0.936. The molecule has 1 atom stereocenters. The van der Waals surface area contributed by atoms with Gasteiger partial charge in [0.15, 0.2) is 10.2 Å². The summed E-state index contributed by atoms with van der Waals surface area (Å²) >= 11 is 9.16. The molecule has 4 nitrogen and oxygen atoms in total. The van der Waals surface area contributed by atoms with Crippen molar-refractivity contribution in [2.75, 3.05) is 4.90 Å². The summed E-state index contributed by atoms with van der Waals surface area (Å²) in [5.74, 6) is -0.682. The van der Waals surface area contributed by atoms with Gasteiger partial charge in [-0.1, -0.05) is 36.4 Å². The van der Waals surface area contributed by atoms with Gasteiger partial charge < -0.3 is 4.90 Å². The third kappa shape index (κ3) is 4.43. The number of fused-ring (bicyclic) bond motifs is 1. The summed E-state index contributed by atoms with van der Waals surface area (Å²) in [6.07, 6.45) is -0.0156. The van der Waals surface area contributed by atoms with Gasteiger partial charge in [-0.25, -0.2) is 4.98 Å². The molecule has 3 aromatic carbocycles. The van der Waals surface area contributed by atoms with E-state index in [-0.39, 0.29) is 16.7 Å². The topological polar surface area (TPSA) is 50.3 Å². The van der Waals surface area contributed by atoms with E-state index in [0.717, 1.165) is 27.3 Å². The second-order valence-electron chi connectivity index (χ2n) is 6.70. The van der Waals surface area contributed by atoms with Crippen LogP contribution in [0, 0.1) is 0 Å². The Kier molecular flexibility index (Phi) is 6.22. The monoisotopic (exact) mass is 450 g/mol. The van der Waals surface area contributed by atoms with Gasteiger partial charge in [0.25, 0.3) is 0 Å². The molecule has 7 heteroatoms. The Morgan fingerprint density at radius 1 is 0.867 bits per heavy atom. The van der Waals surface area contributed by atoms with Crippen molar-refractivity contribution < 1.29 is 9.59 Å². The number of nitrogens with zero attached hydrogens (tertiary/aromatic N) is 2. The van der Waals surface area contributed by atoms with Crippen molar-refractivity contribution in [2.24, 2.45) is 0 Å². The quantitative estimate of drug-likeness (QED) is 0.332. The fourth-order valence-electron chi connectivity index (χ4n) is 3.28. The summed E-state index contributed by atoms with van der Waals surface area (Å²) in [5, 5.41) is -0.163. The van der Waals surface area contributed by atoms with E-state index in [9.17, 15) is 9.59 Å². The maximum absolute atomic E-state index is 11.9. The van der Waals surface area contributed by atoms with Crippen LogP contribution in [0.1, 0.15) is 17.3 Å². The summed E-state index contributed by atoms with van der Waals surface area (Å²) in [6, 6.07) is 26.2. The van der Waals surface area contributed by atoms with Crippen LogP contribution >= 0.6 is 36.6 Å². The van der Waals surface area contributed by atoms with E-state index in [4.69, 9.17) is 0 Å². The lowest BCUT2D eigenvalue weighted by Crippen LogP contribution is -2.09. The molecule has 0 aliphatic carbocycles. The molecule has 1 unspecified atom stereocenters. The second kappa shape index (κ2) is 9.04. The third-order valence-electron chi connectivity index (χ3n) is 4.65. The number of thiazole rings is 1. The Morgan fingerprint density at radius 2 is 1.47 bits per heavy atom. The van der Waals surface area contributed by atoms with Crippen LogP contribution in [-0.2, 0) is 9.59 Å². The molecule has 0 fully saturated rings. The normalized spacial score (nSPS) is 11.9. The van der Waals surface area contributed by atoms with Gasteiger partial charge in [-0.15, -0.1) is 36.6 Å². The molecule has 0 saturated heterocycles. The third-order valence-corrected chi connectivity index (χ3v) is 6.28. The highest BCUT2D eigenvalue weighted by Crippen LogP contribution is 2.38. The van der Waals surface area contributed by atoms with Crippen LogP contribution in [0.15, 0.2) is 78.9 Å². The summed E-state index contributed by atoms with van der Waals surface area (Å²) in [5.41, 5.74) is 3.84. The minimum Gasteiger partial charge on any atom is -0.310 e. The molecule has 0 radical (unpaired) electrons. The summed E-state index contributed by atoms with van der Waals surface area (Å²) in [7, 11) is 0. The van der Waals surface area contributed by atoms with Crippen molar-refractivity contribution in [3.8, 4) is 0 Å². The van der Waals surface area contributed by atoms with E-state index in [0.29, 0.717) is 5.01 Å². The highest BCUT2D eigenvalue weighted by atomic mass is 32.1. The zero-order valence-electron chi connectivity index (χ0n) is 15.8. The lowest BCUT2D eigenvalue weighted by atomic mass is 10.1. The molecule has 4 aromatic rings. The smallest absolute Gasteiger partial charge is 0.196 e. The lowest BCUT2D eigenvalue weighted by Gasteiger charge is -2.25. The molecule has 0 aliphatic rings. The predicted molar refractivity (Wildman–Crippen MR) is 130 cm³/mol. The SMILES string of the molecule is O=C(S)CC(C(=O)S)c1nc2ccc(N(c3ccccc3)c3ccccc3)cc2s1. The minimum atomic E-state index is -0.682. The number of aromatic nitrogens is 1. The van der Waals surface area contributed by atoms with Crippen molar-refractivity contribution in [3.63, 3.8) is 0 Å². The Bertz CT molecular complexity index is 1150.